The third-order valence-electron chi connectivity index (χ3n) is 4.61. The van der Waals surface area contributed by atoms with E-state index in [1.165, 1.54) is 0 Å². The van der Waals surface area contributed by atoms with Crippen LogP contribution in [0.1, 0.15) is 61.7 Å². The Bertz CT molecular complexity index is 813. The molecule has 0 radical (unpaired) electrons. The monoisotopic (exact) mass is 391 g/mol. The SMILES string of the molecule is COc1ccc(Cl)cc1C(=O)N1CCCC(c2nnc(CC(C)(C)C)o2)C1. The third-order valence-corrected chi connectivity index (χ3v) is 4.85. The molecule has 0 saturated carbocycles. The van der Waals surface area contributed by atoms with Gasteiger partial charge in [0, 0.05) is 24.5 Å². The zero-order valence-corrected chi connectivity index (χ0v) is 17.0. The molecule has 7 heteroatoms. The number of piperidine rings is 1. The van der Waals surface area contributed by atoms with Gasteiger partial charge in [0.25, 0.3) is 5.91 Å². The van der Waals surface area contributed by atoms with Crippen LogP contribution in [0.4, 0.5) is 0 Å². The Morgan fingerprint density at radius 1 is 1.37 bits per heavy atom. The highest BCUT2D eigenvalue weighted by Gasteiger charge is 2.30. The Kier molecular flexibility index (Phi) is 5.75. The minimum atomic E-state index is -0.0894. The van der Waals surface area contributed by atoms with Crippen molar-refractivity contribution < 1.29 is 13.9 Å². The largest absolute Gasteiger partial charge is 0.496 e. The lowest BCUT2D eigenvalue weighted by atomic mass is 9.92. The zero-order chi connectivity index (χ0) is 19.6. The average molecular weight is 392 g/mol. The van der Waals surface area contributed by atoms with Gasteiger partial charge in [0.15, 0.2) is 0 Å². The second-order valence-electron chi connectivity index (χ2n) is 8.21. The summed E-state index contributed by atoms with van der Waals surface area (Å²) >= 11 is 6.08. The molecule has 1 aliphatic heterocycles. The first-order valence-corrected chi connectivity index (χ1v) is 9.60. The molecule has 27 heavy (non-hydrogen) atoms. The molecule has 2 heterocycles. The number of likely N-dealkylation sites (tertiary alicyclic amines) is 1. The normalized spacial score (nSPS) is 17.8. The first kappa shape index (κ1) is 19.7. The van der Waals surface area contributed by atoms with Gasteiger partial charge in [-0.15, -0.1) is 10.2 Å². The van der Waals surface area contributed by atoms with Gasteiger partial charge in [-0.2, -0.15) is 0 Å². The van der Waals surface area contributed by atoms with E-state index in [0.29, 0.717) is 41.2 Å². The van der Waals surface area contributed by atoms with Gasteiger partial charge < -0.3 is 14.1 Å². The van der Waals surface area contributed by atoms with Crippen LogP contribution < -0.4 is 4.74 Å². The van der Waals surface area contributed by atoms with Gasteiger partial charge in [0.1, 0.15) is 5.75 Å². The quantitative estimate of drug-likeness (QED) is 0.775. The van der Waals surface area contributed by atoms with Crippen LogP contribution in [0.15, 0.2) is 22.6 Å². The van der Waals surface area contributed by atoms with Gasteiger partial charge in [-0.05, 0) is 36.5 Å². The maximum Gasteiger partial charge on any atom is 0.257 e. The second-order valence-corrected chi connectivity index (χ2v) is 8.64. The van der Waals surface area contributed by atoms with Crippen LogP contribution in [0.2, 0.25) is 5.02 Å². The number of amides is 1. The van der Waals surface area contributed by atoms with Crippen LogP contribution in [0.3, 0.4) is 0 Å². The molecule has 0 bridgehead atoms. The number of carbonyl (C=O) groups is 1. The third kappa shape index (κ3) is 4.80. The Hall–Kier alpha value is -2.08. The second kappa shape index (κ2) is 7.89. The van der Waals surface area contributed by atoms with E-state index in [1.54, 1.807) is 25.3 Å². The van der Waals surface area contributed by atoms with E-state index in [0.717, 1.165) is 19.3 Å². The maximum atomic E-state index is 13.0. The van der Waals surface area contributed by atoms with Crippen molar-refractivity contribution >= 4 is 17.5 Å². The Balaban J connectivity index is 1.75. The summed E-state index contributed by atoms with van der Waals surface area (Å²) in [6.07, 6.45) is 2.54. The molecule has 0 N–H and O–H groups in total. The van der Waals surface area contributed by atoms with Crippen molar-refractivity contribution in [3.05, 3.63) is 40.6 Å². The summed E-state index contributed by atoms with van der Waals surface area (Å²) < 4.78 is 11.2. The number of carbonyl (C=O) groups excluding carboxylic acids is 1. The fourth-order valence-electron chi connectivity index (χ4n) is 3.34. The molecule has 3 rings (SSSR count). The molecular weight excluding hydrogens is 366 g/mol. The molecule has 1 unspecified atom stereocenters. The molecule has 6 nitrogen and oxygen atoms in total. The smallest absolute Gasteiger partial charge is 0.257 e. The molecule has 1 aromatic carbocycles. The standard InChI is InChI=1S/C20H26ClN3O3/c1-20(2,3)11-17-22-23-18(27-17)13-6-5-9-24(12-13)19(25)15-10-14(21)7-8-16(15)26-4/h7-8,10,13H,5-6,9,11-12H2,1-4H3. The molecule has 1 aromatic heterocycles. The highest BCUT2D eigenvalue weighted by molar-refractivity contribution is 6.31. The lowest BCUT2D eigenvalue weighted by Gasteiger charge is -2.31. The molecule has 0 spiro atoms. The number of nitrogens with zero attached hydrogens (tertiary/aromatic N) is 3. The van der Waals surface area contributed by atoms with Gasteiger partial charge >= 0.3 is 0 Å². The first-order valence-electron chi connectivity index (χ1n) is 9.22. The molecule has 146 valence electrons. The summed E-state index contributed by atoms with van der Waals surface area (Å²) in [7, 11) is 1.55. The van der Waals surface area contributed by atoms with Crippen molar-refractivity contribution in [1.82, 2.24) is 15.1 Å². The molecule has 1 fully saturated rings. The number of hydrogen-bond acceptors (Lipinski definition) is 5. The van der Waals surface area contributed by atoms with Crippen molar-refractivity contribution in [1.29, 1.82) is 0 Å². The van der Waals surface area contributed by atoms with Crippen molar-refractivity contribution in [3.63, 3.8) is 0 Å². The van der Waals surface area contributed by atoms with E-state index in [9.17, 15) is 4.79 Å². The van der Waals surface area contributed by atoms with E-state index in [1.807, 2.05) is 4.90 Å². The lowest BCUT2D eigenvalue weighted by Crippen LogP contribution is -2.39. The Labute approximate surface area is 164 Å². The fraction of sp³-hybridized carbons (Fsp3) is 0.550. The van der Waals surface area contributed by atoms with Crippen LogP contribution in [0.25, 0.3) is 0 Å². The number of rotatable bonds is 4. The lowest BCUT2D eigenvalue weighted by molar-refractivity contribution is 0.0694. The van der Waals surface area contributed by atoms with Crippen molar-refractivity contribution in [2.24, 2.45) is 5.41 Å². The van der Waals surface area contributed by atoms with E-state index >= 15 is 0 Å². The van der Waals surface area contributed by atoms with Gasteiger partial charge in [-0.1, -0.05) is 32.4 Å². The number of ether oxygens (including phenoxy) is 1. The van der Waals surface area contributed by atoms with Crippen molar-refractivity contribution in [2.45, 2.75) is 46.0 Å². The number of hydrogen-bond donors (Lipinski definition) is 0. The van der Waals surface area contributed by atoms with Gasteiger partial charge in [0.05, 0.1) is 18.6 Å². The minimum Gasteiger partial charge on any atom is -0.496 e. The number of benzene rings is 1. The van der Waals surface area contributed by atoms with E-state index in [2.05, 4.69) is 31.0 Å². The zero-order valence-electron chi connectivity index (χ0n) is 16.3. The van der Waals surface area contributed by atoms with E-state index < -0.39 is 0 Å². The number of halogens is 1. The summed E-state index contributed by atoms with van der Waals surface area (Å²) in [4.78, 5) is 14.8. The van der Waals surface area contributed by atoms with Gasteiger partial charge in [-0.25, -0.2) is 0 Å². The molecule has 2 aromatic rings. The van der Waals surface area contributed by atoms with Gasteiger partial charge in [0.2, 0.25) is 11.8 Å². The highest BCUT2D eigenvalue weighted by atomic mass is 35.5. The summed E-state index contributed by atoms with van der Waals surface area (Å²) in [5.74, 6) is 1.75. The van der Waals surface area contributed by atoms with Crippen molar-refractivity contribution in [2.75, 3.05) is 20.2 Å². The Morgan fingerprint density at radius 2 is 2.15 bits per heavy atom. The molecule has 0 aliphatic carbocycles. The van der Waals surface area contributed by atoms with Crippen LogP contribution in [0, 0.1) is 5.41 Å². The summed E-state index contributed by atoms with van der Waals surface area (Å²) in [5, 5.41) is 8.93. The summed E-state index contributed by atoms with van der Waals surface area (Å²) in [5.41, 5.74) is 0.561. The van der Waals surface area contributed by atoms with Crippen LogP contribution >= 0.6 is 11.6 Å². The average Bonchev–Trinajstić information content (AvgIpc) is 3.07. The van der Waals surface area contributed by atoms with E-state index in [4.69, 9.17) is 20.8 Å². The van der Waals surface area contributed by atoms with Crippen LogP contribution in [-0.4, -0.2) is 41.2 Å². The Morgan fingerprint density at radius 3 is 2.85 bits per heavy atom. The number of aromatic nitrogens is 2. The fourth-order valence-corrected chi connectivity index (χ4v) is 3.51. The molecular formula is C20H26ClN3O3. The minimum absolute atomic E-state index is 0.0501. The predicted octanol–water partition coefficient (Wildman–Crippen LogP) is 4.34. The highest BCUT2D eigenvalue weighted by Crippen LogP contribution is 2.30. The first-order chi connectivity index (χ1) is 12.8. The maximum absolute atomic E-state index is 13.0. The predicted molar refractivity (Wildman–Crippen MR) is 103 cm³/mol. The topological polar surface area (TPSA) is 68.5 Å². The number of methoxy groups -OCH3 is 1. The molecule has 1 saturated heterocycles. The van der Waals surface area contributed by atoms with Gasteiger partial charge in [-0.3, -0.25) is 4.79 Å². The van der Waals surface area contributed by atoms with Crippen LogP contribution in [-0.2, 0) is 6.42 Å². The van der Waals surface area contributed by atoms with E-state index in [-0.39, 0.29) is 17.2 Å². The molecule has 1 amide bonds. The summed E-state index contributed by atoms with van der Waals surface area (Å²) in [6, 6.07) is 5.08. The molecule has 1 atom stereocenters. The van der Waals surface area contributed by atoms with Crippen LogP contribution in [0.5, 0.6) is 5.75 Å². The van der Waals surface area contributed by atoms with Crippen molar-refractivity contribution in [3.8, 4) is 5.75 Å². The molecule has 1 aliphatic rings. The summed E-state index contributed by atoms with van der Waals surface area (Å²) in [6.45, 7) is 7.64.